The minimum absolute atomic E-state index is 0.0225. The molecule has 4 rings (SSSR count). The predicted octanol–water partition coefficient (Wildman–Crippen LogP) is 5.33. The lowest BCUT2D eigenvalue weighted by Gasteiger charge is -2.39. The second-order valence-corrected chi connectivity index (χ2v) is 8.35. The topological polar surface area (TPSA) is 48.7 Å². The van der Waals surface area contributed by atoms with E-state index in [0.717, 1.165) is 23.3 Å². The summed E-state index contributed by atoms with van der Waals surface area (Å²) < 4.78 is 41.9. The van der Waals surface area contributed by atoms with Crippen molar-refractivity contribution in [2.24, 2.45) is 16.9 Å². The zero-order chi connectivity index (χ0) is 19.4. The van der Waals surface area contributed by atoms with Crippen LogP contribution in [0.3, 0.4) is 0 Å². The molecule has 0 spiro atoms. The normalized spacial score (nSPS) is 28.2. The number of fused-ring (bicyclic) bond motifs is 1. The molecule has 1 saturated carbocycles. The molecule has 144 valence electrons. The van der Waals surface area contributed by atoms with Gasteiger partial charge in [0.05, 0.1) is 11.6 Å². The van der Waals surface area contributed by atoms with E-state index in [9.17, 15) is 18.3 Å². The Bertz CT molecular complexity index is 883. The average molecular weight is 416 g/mol. The van der Waals surface area contributed by atoms with E-state index in [2.05, 4.69) is 10.1 Å². The first-order valence-electron chi connectivity index (χ1n) is 8.58. The Balaban J connectivity index is 1.74. The summed E-state index contributed by atoms with van der Waals surface area (Å²) >= 11 is 6.90. The fourth-order valence-electron chi connectivity index (χ4n) is 3.71. The van der Waals surface area contributed by atoms with Gasteiger partial charge in [-0.2, -0.15) is 23.3 Å². The molecule has 4 nitrogen and oxygen atoms in total. The number of nitrogens with zero attached hydrogens (tertiary/aromatic N) is 3. The van der Waals surface area contributed by atoms with Crippen molar-refractivity contribution in [2.45, 2.75) is 38.1 Å². The van der Waals surface area contributed by atoms with E-state index >= 15 is 0 Å². The van der Waals surface area contributed by atoms with Gasteiger partial charge in [-0.25, -0.2) is 4.98 Å². The van der Waals surface area contributed by atoms with Crippen LogP contribution in [0.1, 0.15) is 26.2 Å². The van der Waals surface area contributed by atoms with E-state index in [4.69, 9.17) is 11.6 Å². The second-order valence-electron chi connectivity index (χ2n) is 7.08. The molecule has 27 heavy (non-hydrogen) atoms. The molecule has 9 heteroatoms. The van der Waals surface area contributed by atoms with Crippen molar-refractivity contribution in [2.75, 3.05) is 5.01 Å². The van der Waals surface area contributed by atoms with E-state index < -0.39 is 17.8 Å². The number of hydrazone groups is 1. The van der Waals surface area contributed by atoms with Gasteiger partial charge in [0.25, 0.3) is 5.72 Å². The van der Waals surface area contributed by atoms with Gasteiger partial charge in [-0.3, -0.25) is 0 Å². The number of thiazole rings is 1. The zero-order valence-electron chi connectivity index (χ0n) is 14.4. The molecule has 1 aromatic carbocycles. The molecule has 0 bridgehead atoms. The minimum atomic E-state index is -4.86. The Morgan fingerprint density at radius 3 is 2.67 bits per heavy atom. The third-order valence-electron chi connectivity index (χ3n) is 5.20. The summed E-state index contributed by atoms with van der Waals surface area (Å²) in [7, 11) is 0. The van der Waals surface area contributed by atoms with Gasteiger partial charge >= 0.3 is 6.18 Å². The van der Waals surface area contributed by atoms with Crippen LogP contribution < -0.4 is 5.01 Å². The lowest BCUT2D eigenvalue weighted by molar-refractivity contribution is -0.269. The lowest BCUT2D eigenvalue weighted by Crippen LogP contribution is -2.60. The second kappa shape index (κ2) is 6.46. The first-order valence-corrected chi connectivity index (χ1v) is 9.84. The number of halogens is 4. The summed E-state index contributed by atoms with van der Waals surface area (Å²) in [5.41, 5.74) is -1.42. The monoisotopic (exact) mass is 415 g/mol. The number of anilines is 1. The molecule has 1 aromatic heterocycles. The standard InChI is InChI=1S/C18H17ClF3N3OS/c1-10-2-7-14-13(8-10)17(26,18(20,21)22)25(24-14)16-23-15(9-27-16)11-3-5-12(19)6-4-11/h3-6,9-10,13,26H,2,7-8H2,1H3/t10-,13-,17-/m1/s1. The van der Waals surface area contributed by atoms with Crippen LogP contribution in [0.2, 0.25) is 5.02 Å². The summed E-state index contributed by atoms with van der Waals surface area (Å²) in [6, 6.07) is 6.87. The van der Waals surface area contributed by atoms with Crippen molar-refractivity contribution in [1.29, 1.82) is 0 Å². The Hall–Kier alpha value is -1.64. The molecule has 1 fully saturated rings. The first-order chi connectivity index (χ1) is 12.7. The maximum atomic E-state index is 14.0. The Kier molecular flexibility index (Phi) is 4.48. The molecule has 1 aliphatic heterocycles. The molecule has 0 saturated heterocycles. The van der Waals surface area contributed by atoms with Gasteiger partial charge in [-0.1, -0.05) is 30.7 Å². The van der Waals surface area contributed by atoms with Crippen LogP contribution >= 0.6 is 22.9 Å². The van der Waals surface area contributed by atoms with Crippen molar-refractivity contribution in [3.05, 3.63) is 34.7 Å². The summed E-state index contributed by atoms with van der Waals surface area (Å²) in [6.45, 7) is 1.90. The summed E-state index contributed by atoms with van der Waals surface area (Å²) in [4.78, 5) is 4.31. The van der Waals surface area contributed by atoms with Crippen molar-refractivity contribution in [1.82, 2.24) is 4.98 Å². The quantitative estimate of drug-likeness (QED) is 0.721. The van der Waals surface area contributed by atoms with Gasteiger partial charge in [-0.05, 0) is 37.3 Å². The Morgan fingerprint density at radius 1 is 1.30 bits per heavy atom. The number of hydrogen-bond acceptors (Lipinski definition) is 5. The number of alkyl halides is 3. The number of benzene rings is 1. The largest absolute Gasteiger partial charge is 0.439 e. The van der Waals surface area contributed by atoms with E-state index in [0.29, 0.717) is 27.9 Å². The van der Waals surface area contributed by atoms with Gasteiger partial charge < -0.3 is 5.11 Å². The number of aliphatic hydroxyl groups is 1. The highest BCUT2D eigenvalue weighted by Gasteiger charge is 2.68. The number of aromatic nitrogens is 1. The maximum absolute atomic E-state index is 14.0. The minimum Gasteiger partial charge on any atom is -0.362 e. The Labute approximate surface area is 163 Å². The Morgan fingerprint density at radius 2 is 2.00 bits per heavy atom. The number of rotatable bonds is 2. The summed E-state index contributed by atoms with van der Waals surface area (Å²) in [5, 5.41) is 17.9. The van der Waals surface area contributed by atoms with Gasteiger partial charge in [0.1, 0.15) is 0 Å². The fourth-order valence-corrected chi connectivity index (χ4v) is 4.68. The molecule has 2 aliphatic rings. The van der Waals surface area contributed by atoms with Crippen LogP contribution in [0.15, 0.2) is 34.7 Å². The highest BCUT2D eigenvalue weighted by atomic mass is 35.5. The van der Waals surface area contributed by atoms with E-state index in [1.807, 2.05) is 6.92 Å². The van der Waals surface area contributed by atoms with Gasteiger partial charge in [0.2, 0.25) is 5.13 Å². The van der Waals surface area contributed by atoms with Crippen molar-refractivity contribution in [3.63, 3.8) is 0 Å². The highest BCUT2D eigenvalue weighted by molar-refractivity contribution is 7.14. The maximum Gasteiger partial charge on any atom is 0.439 e. The van der Waals surface area contributed by atoms with Crippen molar-refractivity contribution in [3.8, 4) is 11.3 Å². The molecular formula is C18H17ClF3N3OS. The average Bonchev–Trinajstić information content (AvgIpc) is 3.19. The molecule has 2 heterocycles. The van der Waals surface area contributed by atoms with E-state index in [1.165, 1.54) is 0 Å². The van der Waals surface area contributed by atoms with Crippen LogP contribution in [-0.4, -0.2) is 27.7 Å². The third kappa shape index (κ3) is 3.03. The van der Waals surface area contributed by atoms with Gasteiger partial charge in [-0.15, -0.1) is 11.3 Å². The molecule has 1 N–H and O–H groups in total. The van der Waals surface area contributed by atoms with Crippen molar-refractivity contribution < 1.29 is 18.3 Å². The third-order valence-corrected chi connectivity index (χ3v) is 6.27. The molecule has 0 amide bonds. The SMILES string of the molecule is C[C@@H]1CCC2=NN(c3nc(-c4ccc(Cl)cc4)cs3)[C@](O)(C(F)(F)F)[C@@H]2C1. The highest BCUT2D eigenvalue weighted by Crippen LogP contribution is 2.51. The zero-order valence-corrected chi connectivity index (χ0v) is 15.9. The first kappa shape index (κ1) is 18.7. The van der Waals surface area contributed by atoms with Crippen LogP contribution in [0.5, 0.6) is 0 Å². The molecule has 1 aliphatic carbocycles. The summed E-state index contributed by atoms with van der Waals surface area (Å²) in [6.07, 6.45) is -3.38. The lowest BCUT2D eigenvalue weighted by atomic mass is 9.76. The van der Waals surface area contributed by atoms with Crippen molar-refractivity contribution >= 4 is 33.8 Å². The molecule has 2 aromatic rings. The molecular weight excluding hydrogens is 399 g/mol. The molecule has 0 unspecified atom stereocenters. The van der Waals surface area contributed by atoms with Crippen LogP contribution in [0, 0.1) is 11.8 Å². The van der Waals surface area contributed by atoms with Crippen LogP contribution in [-0.2, 0) is 0 Å². The smallest absolute Gasteiger partial charge is 0.362 e. The molecule has 3 atom stereocenters. The van der Waals surface area contributed by atoms with Gasteiger partial charge in [0.15, 0.2) is 0 Å². The fraction of sp³-hybridized carbons (Fsp3) is 0.444. The number of hydrogen-bond donors (Lipinski definition) is 1. The van der Waals surface area contributed by atoms with Crippen LogP contribution in [0.4, 0.5) is 18.3 Å². The van der Waals surface area contributed by atoms with E-state index in [1.54, 1.807) is 29.6 Å². The van der Waals surface area contributed by atoms with Gasteiger partial charge in [0, 0.05) is 21.7 Å². The van der Waals surface area contributed by atoms with Crippen LogP contribution in [0.25, 0.3) is 11.3 Å². The van der Waals surface area contributed by atoms with E-state index in [-0.39, 0.29) is 17.5 Å². The predicted molar refractivity (Wildman–Crippen MR) is 100.0 cm³/mol. The molecule has 0 radical (unpaired) electrons. The summed E-state index contributed by atoms with van der Waals surface area (Å²) in [5.74, 6) is -0.965.